The molecule has 0 bridgehead atoms. The molecular formula is C27H29F6N3O3. The molecule has 2 heterocycles. The molecule has 3 aromatic rings. The molecule has 0 spiro atoms. The maximum Gasteiger partial charge on any atom is 0.418 e. The minimum Gasteiger partial charge on any atom is -0.492 e. The number of benzene rings is 2. The van der Waals surface area contributed by atoms with E-state index in [0.717, 1.165) is 18.2 Å². The highest BCUT2D eigenvalue weighted by molar-refractivity contribution is 5.82. The fourth-order valence-electron chi connectivity index (χ4n) is 5.90. The Morgan fingerprint density at radius 2 is 1.67 bits per heavy atom. The molecule has 212 valence electrons. The number of hydrogen-bond donors (Lipinski definition) is 3. The molecule has 2 aromatic carbocycles. The second kappa shape index (κ2) is 9.38. The fourth-order valence-corrected chi connectivity index (χ4v) is 5.90. The van der Waals surface area contributed by atoms with Gasteiger partial charge in [0, 0.05) is 24.2 Å². The molecule has 2 fully saturated rings. The first kappa shape index (κ1) is 27.7. The molecular weight excluding hydrogens is 528 g/mol. The number of nitrogens with zero attached hydrogens (tertiary/aromatic N) is 2. The van der Waals surface area contributed by atoms with E-state index in [9.17, 15) is 36.6 Å². The van der Waals surface area contributed by atoms with E-state index in [1.54, 1.807) is 13.8 Å². The smallest absolute Gasteiger partial charge is 0.418 e. The third-order valence-corrected chi connectivity index (χ3v) is 7.64. The Labute approximate surface area is 220 Å². The van der Waals surface area contributed by atoms with Crippen LogP contribution in [0, 0.1) is 0 Å². The van der Waals surface area contributed by atoms with Gasteiger partial charge in [-0.15, -0.1) is 0 Å². The first-order valence-corrected chi connectivity index (χ1v) is 12.6. The SMILES string of the molecule is CC1CC(O)(c2ccc(C(F)(F)F)cc2)CC(COc2cc(C(F)(F)F)c3c(c2)ncn3C2CC(C)(O)C2)N1. The molecule has 5 rings (SSSR count). The van der Waals surface area contributed by atoms with Crippen LogP contribution in [-0.4, -0.2) is 44.1 Å². The normalized spacial score (nSPS) is 29.8. The molecule has 3 unspecified atom stereocenters. The van der Waals surface area contributed by atoms with Crippen LogP contribution in [0.15, 0.2) is 42.7 Å². The maximum absolute atomic E-state index is 14.1. The van der Waals surface area contributed by atoms with E-state index >= 15 is 0 Å². The predicted octanol–water partition coefficient (Wildman–Crippen LogP) is 5.57. The van der Waals surface area contributed by atoms with Gasteiger partial charge in [-0.05, 0) is 63.3 Å². The van der Waals surface area contributed by atoms with Crippen LogP contribution >= 0.6 is 0 Å². The lowest BCUT2D eigenvalue weighted by atomic mass is 9.77. The lowest BCUT2D eigenvalue weighted by molar-refractivity contribution is -0.138. The maximum atomic E-state index is 14.1. The zero-order chi connectivity index (χ0) is 28.4. The highest BCUT2D eigenvalue weighted by atomic mass is 19.4. The van der Waals surface area contributed by atoms with Gasteiger partial charge in [-0.1, -0.05) is 12.1 Å². The number of hydrogen-bond acceptors (Lipinski definition) is 5. The van der Waals surface area contributed by atoms with E-state index in [4.69, 9.17) is 4.74 Å². The second-order valence-corrected chi connectivity index (χ2v) is 11.1. The third kappa shape index (κ3) is 5.59. The van der Waals surface area contributed by atoms with Crippen LogP contribution in [0.5, 0.6) is 5.75 Å². The number of rotatable bonds is 5. The van der Waals surface area contributed by atoms with Crippen molar-refractivity contribution in [2.75, 3.05) is 6.61 Å². The van der Waals surface area contributed by atoms with E-state index < -0.39 is 40.7 Å². The molecule has 0 radical (unpaired) electrons. The minimum atomic E-state index is -4.68. The Morgan fingerprint density at radius 1 is 1.00 bits per heavy atom. The Bertz CT molecular complexity index is 1340. The Morgan fingerprint density at radius 3 is 2.26 bits per heavy atom. The standard InChI is InChI=1S/C27H29F6N3O3/c1-15-9-25(38,16-3-5-17(6-4-16)26(28,29)30)10-18(35-15)13-39-20-7-21(27(31,32)33)23-22(8-20)34-14-36(23)19-11-24(2,37)12-19/h3-8,14-15,18-19,35,37-38H,9-13H2,1-2H3. The van der Waals surface area contributed by atoms with Gasteiger partial charge in [0.05, 0.1) is 39.7 Å². The van der Waals surface area contributed by atoms with E-state index in [1.165, 1.54) is 29.1 Å². The van der Waals surface area contributed by atoms with Crippen LogP contribution in [0.4, 0.5) is 26.3 Å². The molecule has 3 N–H and O–H groups in total. The molecule has 6 nitrogen and oxygen atoms in total. The average Bonchev–Trinajstić information content (AvgIpc) is 3.22. The summed E-state index contributed by atoms with van der Waals surface area (Å²) in [6.45, 7) is 3.36. The molecule has 1 saturated carbocycles. The van der Waals surface area contributed by atoms with Gasteiger partial charge in [-0.2, -0.15) is 26.3 Å². The molecule has 1 aliphatic heterocycles. The van der Waals surface area contributed by atoms with Crippen LogP contribution in [-0.2, 0) is 18.0 Å². The average molecular weight is 558 g/mol. The van der Waals surface area contributed by atoms with Crippen LogP contribution in [0.3, 0.4) is 0 Å². The molecule has 0 amide bonds. The van der Waals surface area contributed by atoms with Crippen molar-refractivity contribution in [2.24, 2.45) is 0 Å². The zero-order valence-electron chi connectivity index (χ0n) is 21.3. The van der Waals surface area contributed by atoms with Crippen LogP contribution < -0.4 is 10.1 Å². The summed E-state index contributed by atoms with van der Waals surface area (Å²) in [7, 11) is 0. The predicted molar refractivity (Wildman–Crippen MR) is 130 cm³/mol. The van der Waals surface area contributed by atoms with Gasteiger partial charge in [0.15, 0.2) is 0 Å². The van der Waals surface area contributed by atoms with Crippen molar-refractivity contribution in [3.05, 3.63) is 59.4 Å². The zero-order valence-corrected chi connectivity index (χ0v) is 21.3. The summed E-state index contributed by atoms with van der Waals surface area (Å²) >= 11 is 0. The molecule has 39 heavy (non-hydrogen) atoms. The van der Waals surface area contributed by atoms with E-state index in [2.05, 4.69) is 10.3 Å². The molecule has 1 aliphatic carbocycles. The number of piperidine rings is 1. The summed E-state index contributed by atoms with van der Waals surface area (Å²) in [5.74, 6) is -0.0428. The van der Waals surface area contributed by atoms with Gasteiger partial charge in [0.1, 0.15) is 12.4 Å². The number of aliphatic hydroxyl groups is 2. The summed E-state index contributed by atoms with van der Waals surface area (Å²) in [4.78, 5) is 4.16. The van der Waals surface area contributed by atoms with Crippen LogP contribution in [0.1, 0.15) is 62.3 Å². The summed E-state index contributed by atoms with van der Waals surface area (Å²) in [6, 6.07) is 5.67. The van der Waals surface area contributed by atoms with Gasteiger partial charge >= 0.3 is 12.4 Å². The first-order valence-electron chi connectivity index (χ1n) is 12.6. The largest absolute Gasteiger partial charge is 0.492 e. The molecule has 2 aliphatic rings. The topological polar surface area (TPSA) is 79.5 Å². The number of nitrogens with one attached hydrogen (secondary N) is 1. The minimum absolute atomic E-state index is 0.0428. The Kier molecular flexibility index (Phi) is 6.67. The van der Waals surface area contributed by atoms with Gasteiger partial charge in [-0.25, -0.2) is 4.98 Å². The van der Waals surface area contributed by atoms with Crippen molar-refractivity contribution in [1.29, 1.82) is 0 Å². The number of imidazole rings is 1. The lowest BCUT2D eigenvalue weighted by Gasteiger charge is -2.42. The van der Waals surface area contributed by atoms with Crippen molar-refractivity contribution < 1.29 is 41.3 Å². The fraction of sp³-hybridized carbons (Fsp3) is 0.519. The lowest BCUT2D eigenvalue weighted by Crippen LogP contribution is -2.53. The number of fused-ring (bicyclic) bond motifs is 1. The van der Waals surface area contributed by atoms with E-state index in [0.29, 0.717) is 18.4 Å². The Balaban J connectivity index is 1.35. The highest BCUT2D eigenvalue weighted by Crippen LogP contribution is 2.45. The molecule has 1 aromatic heterocycles. The number of ether oxygens (including phenoxy) is 1. The number of halogens is 6. The van der Waals surface area contributed by atoms with Crippen molar-refractivity contribution in [1.82, 2.24) is 14.9 Å². The summed E-state index contributed by atoms with van der Waals surface area (Å²) < 4.78 is 88.3. The third-order valence-electron chi connectivity index (χ3n) is 7.64. The van der Waals surface area contributed by atoms with E-state index in [-0.39, 0.29) is 48.3 Å². The quantitative estimate of drug-likeness (QED) is 0.358. The summed E-state index contributed by atoms with van der Waals surface area (Å²) in [5, 5.41) is 24.6. The summed E-state index contributed by atoms with van der Waals surface area (Å²) in [5.41, 5.74) is -3.71. The van der Waals surface area contributed by atoms with Gasteiger partial charge < -0.3 is 24.8 Å². The van der Waals surface area contributed by atoms with Gasteiger partial charge in [-0.3, -0.25) is 0 Å². The Hall–Kier alpha value is -2.83. The van der Waals surface area contributed by atoms with Crippen LogP contribution in [0.25, 0.3) is 11.0 Å². The first-order chi connectivity index (χ1) is 18.0. The monoisotopic (exact) mass is 557 g/mol. The van der Waals surface area contributed by atoms with Crippen molar-refractivity contribution in [2.45, 2.75) is 81.2 Å². The summed E-state index contributed by atoms with van der Waals surface area (Å²) in [6.07, 6.45) is -6.86. The second-order valence-electron chi connectivity index (χ2n) is 11.1. The van der Waals surface area contributed by atoms with Crippen LogP contribution in [0.2, 0.25) is 0 Å². The highest BCUT2D eigenvalue weighted by Gasteiger charge is 2.43. The van der Waals surface area contributed by atoms with Crippen molar-refractivity contribution in [3.8, 4) is 5.75 Å². The number of alkyl halides is 6. The van der Waals surface area contributed by atoms with E-state index in [1.807, 2.05) is 0 Å². The molecule has 3 atom stereocenters. The van der Waals surface area contributed by atoms with Crippen molar-refractivity contribution in [3.63, 3.8) is 0 Å². The van der Waals surface area contributed by atoms with Gasteiger partial charge in [0.25, 0.3) is 0 Å². The molecule has 12 heteroatoms. The molecule has 1 saturated heterocycles. The number of aromatic nitrogens is 2. The van der Waals surface area contributed by atoms with Crippen molar-refractivity contribution >= 4 is 11.0 Å². The van der Waals surface area contributed by atoms with Gasteiger partial charge in [0.2, 0.25) is 0 Å².